The molecule has 4 heteroatoms. The van der Waals surface area contributed by atoms with Crippen molar-refractivity contribution in [2.24, 2.45) is 0 Å². The standard InChI is InChI=1S/C52H32N4/c1-2-17-37(18-3-1)55-45-25-11-9-21-42(45)48-39(22-12-26-46(48)55)40-23-13-27-47-49(40)43-31-30-34-15-6-7-19-38(34)51(43)56(47)52-53-44-24-10-8-20-41(44)50(54-52)36-29-28-33-14-4-5-16-35(33)32-36/h1-32H. The number of para-hydroxylation sites is 3. The summed E-state index contributed by atoms with van der Waals surface area (Å²) in [6.07, 6.45) is 0. The number of hydrogen-bond donors (Lipinski definition) is 0. The SMILES string of the molecule is c1ccc(-n2c3ccccc3c3c(-c4cccc5c4c4ccc6ccccc6c4n5-c4nc(-c5ccc6ccccc6c5)c5ccccc5n4)cccc32)cc1. The first-order chi connectivity index (χ1) is 27.8. The van der Waals surface area contributed by atoms with Gasteiger partial charge < -0.3 is 4.57 Å². The summed E-state index contributed by atoms with van der Waals surface area (Å²) in [6.45, 7) is 0. The van der Waals surface area contributed by atoms with Crippen molar-refractivity contribution in [3.8, 4) is 34.0 Å². The number of nitrogens with zero attached hydrogens (tertiary/aromatic N) is 4. The molecular formula is C52H32N4. The van der Waals surface area contributed by atoms with E-state index in [4.69, 9.17) is 9.97 Å². The van der Waals surface area contributed by atoms with Crippen molar-refractivity contribution in [3.63, 3.8) is 0 Å². The lowest BCUT2D eigenvalue weighted by Gasteiger charge is -2.13. The number of rotatable bonds is 4. The molecule has 0 aliphatic carbocycles. The van der Waals surface area contributed by atoms with Crippen molar-refractivity contribution in [1.82, 2.24) is 19.1 Å². The van der Waals surface area contributed by atoms with Gasteiger partial charge in [-0.05, 0) is 69.8 Å². The average molecular weight is 713 g/mol. The molecular weight excluding hydrogens is 681 g/mol. The van der Waals surface area contributed by atoms with Gasteiger partial charge in [0.15, 0.2) is 0 Å². The summed E-state index contributed by atoms with van der Waals surface area (Å²) < 4.78 is 4.70. The molecule has 0 saturated heterocycles. The third-order valence-electron chi connectivity index (χ3n) is 11.5. The highest BCUT2D eigenvalue weighted by Gasteiger charge is 2.23. The monoisotopic (exact) mass is 712 g/mol. The number of fused-ring (bicyclic) bond motifs is 10. The summed E-state index contributed by atoms with van der Waals surface area (Å²) in [5.41, 5.74) is 10.9. The van der Waals surface area contributed by atoms with E-state index in [1.807, 2.05) is 0 Å². The molecule has 0 aliphatic rings. The molecule has 0 amide bonds. The highest BCUT2D eigenvalue weighted by atomic mass is 15.2. The van der Waals surface area contributed by atoms with Gasteiger partial charge in [0, 0.05) is 43.6 Å². The largest absolute Gasteiger partial charge is 0.309 e. The van der Waals surface area contributed by atoms with Crippen LogP contribution >= 0.6 is 0 Å². The maximum absolute atomic E-state index is 5.51. The van der Waals surface area contributed by atoms with Gasteiger partial charge in [-0.1, -0.05) is 152 Å². The second-order valence-corrected chi connectivity index (χ2v) is 14.6. The van der Waals surface area contributed by atoms with Crippen LogP contribution in [-0.4, -0.2) is 19.1 Å². The second-order valence-electron chi connectivity index (χ2n) is 14.6. The van der Waals surface area contributed by atoms with E-state index in [1.165, 1.54) is 59.9 Å². The Kier molecular flexibility index (Phi) is 6.60. The molecule has 0 spiro atoms. The van der Waals surface area contributed by atoms with Crippen LogP contribution in [0.15, 0.2) is 194 Å². The molecule has 0 atom stereocenters. The Labute approximate surface area is 322 Å². The highest BCUT2D eigenvalue weighted by Crippen LogP contribution is 2.45. The number of hydrogen-bond acceptors (Lipinski definition) is 2. The molecule has 56 heavy (non-hydrogen) atoms. The first-order valence-corrected chi connectivity index (χ1v) is 19.1. The van der Waals surface area contributed by atoms with Crippen LogP contribution < -0.4 is 0 Å². The summed E-state index contributed by atoms with van der Waals surface area (Å²) in [5.74, 6) is 0.652. The van der Waals surface area contributed by atoms with Gasteiger partial charge in [-0.25, -0.2) is 9.97 Å². The van der Waals surface area contributed by atoms with Crippen LogP contribution in [0.3, 0.4) is 0 Å². The zero-order valence-electron chi connectivity index (χ0n) is 30.3. The lowest BCUT2D eigenvalue weighted by atomic mass is 9.95. The van der Waals surface area contributed by atoms with Crippen LogP contribution in [0.1, 0.15) is 0 Å². The molecule has 0 bridgehead atoms. The van der Waals surface area contributed by atoms with E-state index in [1.54, 1.807) is 0 Å². The lowest BCUT2D eigenvalue weighted by molar-refractivity contribution is 1.02. The topological polar surface area (TPSA) is 35.6 Å². The van der Waals surface area contributed by atoms with Gasteiger partial charge in [-0.15, -0.1) is 0 Å². The highest BCUT2D eigenvalue weighted by molar-refractivity contribution is 6.25. The molecule has 3 heterocycles. The predicted molar refractivity (Wildman–Crippen MR) is 234 cm³/mol. The van der Waals surface area contributed by atoms with E-state index in [-0.39, 0.29) is 0 Å². The van der Waals surface area contributed by atoms with Crippen molar-refractivity contribution in [1.29, 1.82) is 0 Å². The van der Waals surface area contributed by atoms with Crippen LogP contribution in [-0.2, 0) is 0 Å². The maximum Gasteiger partial charge on any atom is 0.235 e. The molecule has 260 valence electrons. The van der Waals surface area contributed by atoms with Gasteiger partial charge >= 0.3 is 0 Å². The first-order valence-electron chi connectivity index (χ1n) is 19.1. The number of benzene rings is 9. The molecule has 12 rings (SSSR count). The minimum Gasteiger partial charge on any atom is -0.309 e. The fourth-order valence-electron chi connectivity index (χ4n) is 9.08. The van der Waals surface area contributed by atoms with Crippen molar-refractivity contribution in [2.45, 2.75) is 0 Å². The van der Waals surface area contributed by atoms with E-state index in [0.29, 0.717) is 5.95 Å². The quantitative estimate of drug-likeness (QED) is 0.182. The summed E-state index contributed by atoms with van der Waals surface area (Å²) >= 11 is 0. The second kappa shape index (κ2) is 12.0. The van der Waals surface area contributed by atoms with Crippen LogP contribution in [0.4, 0.5) is 0 Å². The molecule has 0 aliphatic heterocycles. The van der Waals surface area contributed by atoms with Gasteiger partial charge in [0.25, 0.3) is 0 Å². The molecule has 12 aromatic rings. The van der Waals surface area contributed by atoms with Gasteiger partial charge in [0.1, 0.15) is 0 Å². The third kappa shape index (κ3) is 4.47. The minimum absolute atomic E-state index is 0.652. The Balaban J connectivity index is 1.20. The lowest BCUT2D eigenvalue weighted by Crippen LogP contribution is -2.03. The van der Waals surface area contributed by atoms with Gasteiger partial charge in [-0.3, -0.25) is 4.57 Å². The molecule has 3 aromatic heterocycles. The van der Waals surface area contributed by atoms with Crippen molar-refractivity contribution < 1.29 is 0 Å². The number of aromatic nitrogens is 4. The summed E-state index contributed by atoms with van der Waals surface area (Å²) in [7, 11) is 0. The Hall–Kier alpha value is -7.56. The summed E-state index contributed by atoms with van der Waals surface area (Å²) in [4.78, 5) is 10.9. The van der Waals surface area contributed by atoms with Gasteiger partial charge in [0.2, 0.25) is 5.95 Å². The normalized spacial score (nSPS) is 11.9. The maximum atomic E-state index is 5.51. The zero-order chi connectivity index (χ0) is 36.7. The molecule has 9 aromatic carbocycles. The minimum atomic E-state index is 0.652. The summed E-state index contributed by atoms with van der Waals surface area (Å²) in [5, 5.41) is 10.6. The smallest absolute Gasteiger partial charge is 0.235 e. The van der Waals surface area contributed by atoms with Crippen LogP contribution in [0, 0.1) is 0 Å². The molecule has 4 nitrogen and oxygen atoms in total. The molecule has 0 fully saturated rings. The van der Waals surface area contributed by atoms with E-state index in [9.17, 15) is 0 Å². The fourth-order valence-corrected chi connectivity index (χ4v) is 9.08. The molecule has 0 unspecified atom stereocenters. The third-order valence-corrected chi connectivity index (χ3v) is 11.5. The van der Waals surface area contributed by atoms with Crippen molar-refractivity contribution in [2.75, 3.05) is 0 Å². The van der Waals surface area contributed by atoms with Crippen LogP contribution in [0.5, 0.6) is 0 Å². The zero-order valence-corrected chi connectivity index (χ0v) is 30.3. The van der Waals surface area contributed by atoms with E-state index < -0.39 is 0 Å². The van der Waals surface area contributed by atoms with E-state index in [2.05, 4.69) is 203 Å². The van der Waals surface area contributed by atoms with Gasteiger partial charge in [0.05, 0.1) is 33.3 Å². The van der Waals surface area contributed by atoms with Crippen LogP contribution in [0.2, 0.25) is 0 Å². The molecule has 0 N–H and O–H groups in total. The van der Waals surface area contributed by atoms with E-state index in [0.717, 1.165) is 44.3 Å². The van der Waals surface area contributed by atoms with Crippen molar-refractivity contribution >= 4 is 76.1 Å². The predicted octanol–water partition coefficient (Wildman–Crippen LogP) is 13.5. The fraction of sp³-hybridized carbons (Fsp3) is 0. The Morgan fingerprint density at radius 1 is 0.357 bits per heavy atom. The first kappa shape index (κ1) is 30.9. The Morgan fingerprint density at radius 2 is 0.964 bits per heavy atom. The average Bonchev–Trinajstić information content (AvgIpc) is 3.80. The Morgan fingerprint density at radius 3 is 1.79 bits per heavy atom. The Bertz CT molecular complexity index is 3540. The van der Waals surface area contributed by atoms with Crippen LogP contribution in [0.25, 0.3) is 110 Å². The van der Waals surface area contributed by atoms with E-state index >= 15 is 0 Å². The van der Waals surface area contributed by atoms with Gasteiger partial charge in [-0.2, -0.15) is 0 Å². The molecule has 0 radical (unpaired) electrons. The van der Waals surface area contributed by atoms with Crippen molar-refractivity contribution in [3.05, 3.63) is 194 Å². The molecule has 0 saturated carbocycles. The summed E-state index contributed by atoms with van der Waals surface area (Å²) in [6, 6.07) is 69.6.